The summed E-state index contributed by atoms with van der Waals surface area (Å²) in [5.74, 6) is -0.722. The Morgan fingerprint density at radius 2 is 1.52 bits per heavy atom. The van der Waals surface area contributed by atoms with Crippen LogP contribution in [0.25, 0.3) is 11.1 Å². The van der Waals surface area contributed by atoms with E-state index in [0.717, 1.165) is 12.1 Å². The predicted molar refractivity (Wildman–Crippen MR) is 89.1 cm³/mol. The van der Waals surface area contributed by atoms with Crippen LogP contribution in [0, 0.1) is 0 Å². The molecule has 3 rings (SSSR count). The Morgan fingerprint density at radius 3 is 1.96 bits per heavy atom. The molecular weight excluding hydrogens is 385 g/mol. The van der Waals surface area contributed by atoms with E-state index in [9.17, 15) is 31.6 Å². The van der Waals surface area contributed by atoms with Gasteiger partial charge >= 0.3 is 6.18 Å². The largest absolute Gasteiger partial charge is 0.416 e. The second kappa shape index (κ2) is 6.95. The maximum atomic E-state index is 12.6. The fourth-order valence-corrected chi connectivity index (χ4v) is 3.93. The van der Waals surface area contributed by atoms with Crippen LogP contribution in [0.3, 0.4) is 0 Å². The summed E-state index contributed by atoms with van der Waals surface area (Å²) in [4.78, 5) is 11.5. The summed E-state index contributed by atoms with van der Waals surface area (Å²) < 4.78 is 64.8. The molecule has 144 valence electrons. The molecule has 10 heteroatoms. The molecule has 1 aliphatic rings. The Labute approximate surface area is 153 Å². The van der Waals surface area contributed by atoms with Crippen LogP contribution in [0.15, 0.2) is 53.4 Å². The lowest BCUT2D eigenvalue weighted by Gasteiger charge is -2.12. The van der Waals surface area contributed by atoms with Crippen LogP contribution in [0.2, 0.25) is 0 Å². The van der Waals surface area contributed by atoms with E-state index in [1.165, 1.54) is 36.4 Å². The Hall–Kier alpha value is -2.43. The fourth-order valence-electron chi connectivity index (χ4n) is 2.71. The van der Waals surface area contributed by atoms with E-state index >= 15 is 0 Å². The molecule has 0 bridgehead atoms. The first kappa shape index (κ1) is 19.3. The van der Waals surface area contributed by atoms with Crippen LogP contribution in [0.4, 0.5) is 13.2 Å². The number of carbonyl (C=O) groups is 1. The number of nitrogens with one attached hydrogen (secondary N) is 1. The van der Waals surface area contributed by atoms with Crippen LogP contribution in [-0.4, -0.2) is 37.2 Å². The molecule has 6 nitrogen and oxygen atoms in total. The first-order chi connectivity index (χ1) is 12.6. The molecule has 1 atom stereocenters. The zero-order valence-corrected chi connectivity index (χ0v) is 14.6. The molecule has 0 radical (unpaired) electrons. The third kappa shape index (κ3) is 4.12. The van der Waals surface area contributed by atoms with Crippen molar-refractivity contribution in [2.24, 2.45) is 0 Å². The van der Waals surface area contributed by atoms with Gasteiger partial charge in [-0.15, -0.1) is 0 Å². The summed E-state index contributed by atoms with van der Waals surface area (Å²) in [5, 5.41) is 9.71. The molecule has 27 heavy (non-hydrogen) atoms. The number of nitrogens with zero attached hydrogens (tertiary/aromatic N) is 1. The summed E-state index contributed by atoms with van der Waals surface area (Å²) in [6, 6.07) is 9.00. The summed E-state index contributed by atoms with van der Waals surface area (Å²) in [7, 11) is -3.98. The third-order valence-corrected chi connectivity index (χ3v) is 5.68. The lowest BCUT2D eigenvalue weighted by atomic mass is 10.0. The smallest absolute Gasteiger partial charge is 0.286 e. The summed E-state index contributed by atoms with van der Waals surface area (Å²) in [5.41, 5.74) is 0.275. The highest BCUT2D eigenvalue weighted by Gasteiger charge is 2.34. The average Bonchev–Trinajstić information content (AvgIpc) is 2.93. The molecule has 0 saturated carbocycles. The minimum atomic E-state index is -4.43. The topological polar surface area (TPSA) is 86.7 Å². The molecule has 0 unspecified atom stereocenters. The molecule has 1 fully saturated rings. The van der Waals surface area contributed by atoms with Crippen molar-refractivity contribution in [1.82, 2.24) is 9.79 Å². The van der Waals surface area contributed by atoms with Gasteiger partial charge in [0, 0.05) is 0 Å². The lowest BCUT2D eigenvalue weighted by molar-refractivity contribution is -0.158. The van der Waals surface area contributed by atoms with Crippen molar-refractivity contribution in [3.63, 3.8) is 0 Å². The van der Waals surface area contributed by atoms with E-state index in [0.29, 0.717) is 16.2 Å². The van der Waals surface area contributed by atoms with Gasteiger partial charge in [0.15, 0.2) is 0 Å². The third-order valence-electron chi connectivity index (χ3n) is 4.19. The minimum Gasteiger partial charge on any atom is -0.286 e. The van der Waals surface area contributed by atoms with Gasteiger partial charge in [-0.05, 0) is 41.8 Å². The van der Waals surface area contributed by atoms with Gasteiger partial charge in [0.05, 0.1) is 17.0 Å². The number of carbonyl (C=O) groups excluding carboxylic acids is 1. The number of benzene rings is 2. The Morgan fingerprint density at radius 1 is 1.00 bits per heavy atom. The van der Waals surface area contributed by atoms with Crippen LogP contribution < -0.4 is 4.72 Å². The van der Waals surface area contributed by atoms with Crippen molar-refractivity contribution < 1.29 is 31.6 Å². The number of hydrogen-bond donors (Lipinski definition) is 2. The standard InChI is InChI=1S/C17H15F3N2O4S/c18-17(19,20)13-5-1-11(2-6-13)12-3-7-14(8-4-12)27(25,26)21-15-9-10-22(24)16(15)23/h1-8,15,21,24H,9-10H2/t15-/m1/s1. The Bertz CT molecular complexity index is 942. The number of amides is 1. The second-order valence-corrected chi connectivity index (χ2v) is 7.74. The van der Waals surface area contributed by atoms with Crippen LogP contribution >= 0.6 is 0 Å². The quantitative estimate of drug-likeness (QED) is 0.773. The maximum absolute atomic E-state index is 12.6. The summed E-state index contributed by atoms with van der Waals surface area (Å²) in [6.45, 7) is 0.0406. The molecule has 1 saturated heterocycles. The van der Waals surface area contributed by atoms with Gasteiger partial charge in [-0.25, -0.2) is 13.5 Å². The second-order valence-electron chi connectivity index (χ2n) is 6.02. The highest BCUT2D eigenvalue weighted by molar-refractivity contribution is 7.89. The zero-order chi connectivity index (χ0) is 19.8. The molecule has 2 aromatic rings. The van der Waals surface area contributed by atoms with Gasteiger partial charge < -0.3 is 0 Å². The highest BCUT2D eigenvalue weighted by Crippen LogP contribution is 2.31. The number of alkyl halides is 3. The monoisotopic (exact) mass is 400 g/mol. The predicted octanol–water partition coefficient (Wildman–Crippen LogP) is 2.64. The van der Waals surface area contributed by atoms with Crippen molar-refractivity contribution in [3.05, 3.63) is 54.1 Å². The molecule has 1 aliphatic heterocycles. The van der Waals surface area contributed by atoms with Gasteiger partial charge in [-0.1, -0.05) is 24.3 Å². The van der Waals surface area contributed by atoms with Gasteiger partial charge in [-0.2, -0.15) is 17.9 Å². The highest BCUT2D eigenvalue weighted by atomic mass is 32.2. The molecule has 2 aromatic carbocycles. The van der Waals surface area contributed by atoms with E-state index in [1.807, 2.05) is 0 Å². The zero-order valence-electron chi connectivity index (χ0n) is 13.8. The molecule has 0 spiro atoms. The van der Waals surface area contributed by atoms with Crippen LogP contribution in [0.1, 0.15) is 12.0 Å². The number of halogens is 3. The normalized spacial score (nSPS) is 18.1. The van der Waals surface area contributed by atoms with Crippen LogP contribution in [0.5, 0.6) is 0 Å². The first-order valence-electron chi connectivity index (χ1n) is 7.88. The molecule has 1 heterocycles. The van der Waals surface area contributed by atoms with Crippen molar-refractivity contribution in [2.75, 3.05) is 6.54 Å². The summed E-state index contributed by atoms with van der Waals surface area (Å²) >= 11 is 0. The average molecular weight is 400 g/mol. The van der Waals surface area contributed by atoms with Crippen molar-refractivity contribution in [1.29, 1.82) is 0 Å². The van der Waals surface area contributed by atoms with E-state index in [-0.39, 0.29) is 17.9 Å². The number of sulfonamides is 1. The number of hydrogen-bond acceptors (Lipinski definition) is 4. The van der Waals surface area contributed by atoms with Gasteiger partial charge in [0.25, 0.3) is 5.91 Å². The van der Waals surface area contributed by atoms with E-state index in [2.05, 4.69) is 4.72 Å². The maximum Gasteiger partial charge on any atom is 0.416 e. The molecular formula is C17H15F3N2O4S. The van der Waals surface area contributed by atoms with E-state index in [4.69, 9.17) is 0 Å². The van der Waals surface area contributed by atoms with Crippen molar-refractivity contribution >= 4 is 15.9 Å². The van der Waals surface area contributed by atoms with Gasteiger partial charge in [0.1, 0.15) is 6.04 Å². The van der Waals surface area contributed by atoms with Crippen molar-refractivity contribution in [3.8, 4) is 11.1 Å². The van der Waals surface area contributed by atoms with Crippen LogP contribution in [-0.2, 0) is 21.0 Å². The number of rotatable bonds is 4. The Kier molecular flexibility index (Phi) is 4.98. The summed E-state index contributed by atoms with van der Waals surface area (Å²) in [6.07, 6.45) is -4.28. The van der Waals surface area contributed by atoms with E-state index < -0.39 is 33.7 Å². The lowest BCUT2D eigenvalue weighted by Crippen LogP contribution is -2.40. The van der Waals surface area contributed by atoms with Gasteiger partial charge in [0.2, 0.25) is 10.0 Å². The molecule has 0 aromatic heterocycles. The SMILES string of the molecule is O=C1[C@H](NS(=O)(=O)c2ccc(-c3ccc(C(F)(F)F)cc3)cc2)CCN1O. The molecule has 1 amide bonds. The minimum absolute atomic E-state index is 0.0406. The van der Waals surface area contributed by atoms with Crippen molar-refractivity contribution in [2.45, 2.75) is 23.5 Å². The molecule has 0 aliphatic carbocycles. The first-order valence-corrected chi connectivity index (χ1v) is 9.36. The Balaban J connectivity index is 1.77. The number of hydroxylamine groups is 2. The van der Waals surface area contributed by atoms with Gasteiger partial charge in [-0.3, -0.25) is 10.0 Å². The van der Waals surface area contributed by atoms with E-state index in [1.54, 1.807) is 0 Å². The molecule has 2 N–H and O–H groups in total. The fraction of sp³-hybridized carbons (Fsp3) is 0.235.